The highest BCUT2D eigenvalue weighted by atomic mass is 32.1. The predicted octanol–water partition coefficient (Wildman–Crippen LogP) is 2.59. The Labute approximate surface area is 137 Å². The molecule has 1 amide bonds. The summed E-state index contributed by atoms with van der Waals surface area (Å²) >= 11 is 1.60. The van der Waals surface area contributed by atoms with Gasteiger partial charge in [-0.1, -0.05) is 23.5 Å². The number of amides is 1. The molecule has 1 aromatic carbocycles. The van der Waals surface area contributed by atoms with E-state index in [0.717, 1.165) is 28.7 Å². The third kappa shape index (κ3) is 2.82. The van der Waals surface area contributed by atoms with E-state index < -0.39 is 0 Å². The average Bonchev–Trinajstić information content (AvgIpc) is 2.99. The quantitative estimate of drug-likeness (QED) is 0.918. The average molecular weight is 333 g/mol. The lowest BCUT2D eigenvalue weighted by atomic mass is 9.92. The molecule has 1 fully saturated rings. The first-order valence-electron chi connectivity index (χ1n) is 7.59. The highest BCUT2D eigenvalue weighted by molar-refractivity contribution is 7.16. The number of benzene rings is 1. The molecule has 0 aliphatic carbocycles. The minimum atomic E-state index is -0.271. The van der Waals surface area contributed by atoms with Gasteiger partial charge >= 0.3 is 0 Å². The summed E-state index contributed by atoms with van der Waals surface area (Å²) in [5.74, 6) is 0.256. The van der Waals surface area contributed by atoms with Crippen LogP contribution in [0.3, 0.4) is 0 Å². The molecule has 0 unspecified atom stereocenters. The fraction of sp³-hybridized carbons (Fsp3) is 0.375. The van der Waals surface area contributed by atoms with Gasteiger partial charge in [0.15, 0.2) is 5.13 Å². The monoisotopic (exact) mass is 333 g/mol. The zero-order valence-electron chi connectivity index (χ0n) is 12.4. The van der Waals surface area contributed by atoms with E-state index in [-0.39, 0.29) is 17.6 Å². The van der Waals surface area contributed by atoms with Crippen LogP contribution in [0.15, 0.2) is 24.3 Å². The number of hydrogen-bond donors (Lipinski definition) is 1. The molecule has 2 aliphatic heterocycles. The molecule has 0 bridgehead atoms. The summed E-state index contributed by atoms with van der Waals surface area (Å²) in [6, 6.07) is 6.36. The second-order valence-corrected chi connectivity index (χ2v) is 6.67. The molecular formula is C16H16FN3O2S. The van der Waals surface area contributed by atoms with Crippen molar-refractivity contribution in [2.24, 2.45) is 0 Å². The van der Waals surface area contributed by atoms with E-state index in [1.54, 1.807) is 23.5 Å². The van der Waals surface area contributed by atoms with Crippen molar-refractivity contribution in [1.82, 2.24) is 4.98 Å². The number of aromatic nitrogens is 1. The Hall–Kier alpha value is -1.99. The predicted molar refractivity (Wildman–Crippen MR) is 86.6 cm³/mol. The molecule has 0 radical (unpaired) electrons. The highest BCUT2D eigenvalue weighted by Gasteiger charge is 2.31. The van der Waals surface area contributed by atoms with Crippen molar-refractivity contribution in [3.63, 3.8) is 0 Å². The molecule has 23 heavy (non-hydrogen) atoms. The number of hydrogen-bond acceptors (Lipinski definition) is 5. The number of nitrogens with zero attached hydrogens (tertiary/aromatic N) is 2. The zero-order chi connectivity index (χ0) is 15.8. The maximum Gasteiger partial charge on any atom is 0.226 e. The number of nitrogens with one attached hydrogen (secondary N) is 1. The van der Waals surface area contributed by atoms with Crippen molar-refractivity contribution in [3.05, 3.63) is 40.5 Å². The lowest BCUT2D eigenvalue weighted by Crippen LogP contribution is -2.36. The van der Waals surface area contributed by atoms with Crippen LogP contribution in [-0.4, -0.2) is 37.2 Å². The Morgan fingerprint density at radius 3 is 2.74 bits per heavy atom. The molecule has 0 saturated carbocycles. The minimum Gasteiger partial charge on any atom is -0.378 e. The molecule has 2 aliphatic rings. The highest BCUT2D eigenvalue weighted by Crippen LogP contribution is 2.43. The fourth-order valence-electron chi connectivity index (χ4n) is 2.96. The fourth-order valence-corrected chi connectivity index (χ4v) is 4.16. The molecule has 0 spiro atoms. The summed E-state index contributed by atoms with van der Waals surface area (Å²) in [6.45, 7) is 3.00. The topological polar surface area (TPSA) is 54.5 Å². The number of carbonyl (C=O) groups excluding carboxylic acids is 1. The van der Waals surface area contributed by atoms with E-state index >= 15 is 0 Å². The number of morpholine rings is 1. The molecule has 7 heteroatoms. The molecule has 1 aromatic heterocycles. The van der Waals surface area contributed by atoms with Gasteiger partial charge in [0.25, 0.3) is 0 Å². The summed E-state index contributed by atoms with van der Waals surface area (Å²) in [4.78, 5) is 19.8. The molecule has 4 rings (SSSR count). The summed E-state index contributed by atoms with van der Waals surface area (Å²) < 4.78 is 18.5. The van der Waals surface area contributed by atoms with Crippen LogP contribution in [0, 0.1) is 5.82 Å². The Bertz CT molecular complexity index is 725. The normalized spacial score (nSPS) is 21.0. The van der Waals surface area contributed by atoms with Crippen molar-refractivity contribution >= 4 is 28.2 Å². The van der Waals surface area contributed by atoms with E-state index in [1.807, 2.05) is 0 Å². The van der Waals surface area contributed by atoms with Crippen molar-refractivity contribution in [1.29, 1.82) is 0 Å². The number of ether oxygens (including phenoxy) is 1. The Balaban J connectivity index is 1.69. The molecular weight excluding hydrogens is 317 g/mol. The van der Waals surface area contributed by atoms with Gasteiger partial charge in [-0.25, -0.2) is 9.37 Å². The molecule has 1 N–H and O–H groups in total. The number of anilines is 2. The van der Waals surface area contributed by atoms with Gasteiger partial charge in [0.05, 0.1) is 18.1 Å². The van der Waals surface area contributed by atoms with Crippen LogP contribution in [0.2, 0.25) is 0 Å². The van der Waals surface area contributed by atoms with E-state index in [9.17, 15) is 9.18 Å². The number of carbonyl (C=O) groups is 1. The first-order chi connectivity index (χ1) is 11.2. The summed E-state index contributed by atoms with van der Waals surface area (Å²) in [7, 11) is 0. The van der Waals surface area contributed by atoms with Crippen LogP contribution >= 0.6 is 11.3 Å². The van der Waals surface area contributed by atoms with Gasteiger partial charge in [0.2, 0.25) is 5.91 Å². The van der Waals surface area contributed by atoms with Gasteiger partial charge in [-0.3, -0.25) is 4.79 Å². The van der Waals surface area contributed by atoms with Crippen LogP contribution in [-0.2, 0) is 9.53 Å². The van der Waals surface area contributed by atoms with E-state index in [1.165, 1.54) is 12.1 Å². The SMILES string of the molecule is O=C1C[C@H](c2ccc(F)cc2)c2sc(N3CCOCC3)nc2N1. The molecule has 2 aromatic rings. The molecule has 3 heterocycles. The third-order valence-electron chi connectivity index (χ3n) is 4.16. The van der Waals surface area contributed by atoms with Gasteiger partial charge in [-0.15, -0.1) is 0 Å². The Morgan fingerprint density at radius 2 is 2.00 bits per heavy atom. The van der Waals surface area contributed by atoms with Gasteiger partial charge in [-0.05, 0) is 17.7 Å². The van der Waals surface area contributed by atoms with E-state index in [2.05, 4.69) is 15.2 Å². The Morgan fingerprint density at radius 1 is 1.26 bits per heavy atom. The van der Waals surface area contributed by atoms with Crippen LogP contribution in [0.4, 0.5) is 15.3 Å². The smallest absolute Gasteiger partial charge is 0.226 e. The van der Waals surface area contributed by atoms with Crippen molar-refractivity contribution in [2.45, 2.75) is 12.3 Å². The maximum atomic E-state index is 13.2. The van der Waals surface area contributed by atoms with Crippen LogP contribution in [0.5, 0.6) is 0 Å². The van der Waals surface area contributed by atoms with E-state index in [0.29, 0.717) is 25.5 Å². The van der Waals surface area contributed by atoms with Crippen molar-refractivity contribution in [3.8, 4) is 0 Å². The second-order valence-electron chi connectivity index (χ2n) is 5.67. The molecule has 1 saturated heterocycles. The van der Waals surface area contributed by atoms with Crippen LogP contribution in [0.25, 0.3) is 0 Å². The number of rotatable bonds is 2. The minimum absolute atomic E-state index is 0.0503. The number of fused-ring (bicyclic) bond motifs is 1. The molecule has 120 valence electrons. The number of thiazole rings is 1. The van der Waals surface area contributed by atoms with Gasteiger partial charge in [0.1, 0.15) is 11.6 Å². The molecule has 5 nitrogen and oxygen atoms in total. The summed E-state index contributed by atoms with van der Waals surface area (Å²) in [5, 5.41) is 3.77. The van der Waals surface area contributed by atoms with Crippen molar-refractivity contribution in [2.75, 3.05) is 36.5 Å². The third-order valence-corrected chi connectivity index (χ3v) is 5.39. The summed E-state index contributed by atoms with van der Waals surface area (Å²) in [5.41, 5.74) is 0.944. The lowest BCUT2D eigenvalue weighted by molar-refractivity contribution is -0.116. The van der Waals surface area contributed by atoms with Crippen LogP contribution < -0.4 is 10.2 Å². The Kier molecular flexibility index (Phi) is 3.74. The largest absolute Gasteiger partial charge is 0.378 e. The maximum absolute atomic E-state index is 13.2. The van der Waals surface area contributed by atoms with Gasteiger partial charge < -0.3 is 15.0 Å². The van der Waals surface area contributed by atoms with Crippen molar-refractivity contribution < 1.29 is 13.9 Å². The molecule has 1 atom stereocenters. The van der Waals surface area contributed by atoms with Crippen LogP contribution in [0.1, 0.15) is 22.8 Å². The van der Waals surface area contributed by atoms with E-state index in [4.69, 9.17) is 4.74 Å². The first-order valence-corrected chi connectivity index (χ1v) is 8.41. The zero-order valence-corrected chi connectivity index (χ0v) is 13.2. The second kappa shape index (κ2) is 5.90. The first kappa shape index (κ1) is 14.6. The number of halogens is 1. The van der Waals surface area contributed by atoms with Gasteiger partial charge in [0, 0.05) is 25.4 Å². The standard InChI is InChI=1S/C16H16FN3O2S/c17-11-3-1-10(2-4-11)12-9-13(21)18-15-14(12)23-16(19-15)20-5-7-22-8-6-20/h1-4,12H,5-9H2,(H,18,21)/t12-/m1/s1. The van der Waals surface area contributed by atoms with Gasteiger partial charge in [-0.2, -0.15) is 0 Å². The lowest BCUT2D eigenvalue weighted by Gasteiger charge is -2.26. The summed E-state index contributed by atoms with van der Waals surface area (Å²) in [6.07, 6.45) is 0.364.